The molecule has 3 heteroatoms. The molecule has 1 rings (SSSR count). The predicted molar refractivity (Wildman–Crippen MR) is 69.3 cm³/mol. The summed E-state index contributed by atoms with van der Waals surface area (Å²) in [6.45, 7) is 6.37. The molecule has 0 radical (unpaired) electrons. The maximum absolute atomic E-state index is 11.2. The number of aliphatic carboxylic acids is 1. The standard InChI is InChI=1S/C14H21NO2/c1-4-10-5-6-11(9(2)3)7-12(10)13(8-15)14(16)17/h5-7,9,13H,4,8,15H2,1-3H3,(H,16,17). The fourth-order valence-corrected chi connectivity index (χ4v) is 1.98. The molecule has 0 amide bonds. The van der Waals surface area contributed by atoms with Gasteiger partial charge in [0.15, 0.2) is 0 Å². The Labute approximate surface area is 103 Å². The van der Waals surface area contributed by atoms with E-state index in [1.165, 1.54) is 0 Å². The summed E-state index contributed by atoms with van der Waals surface area (Å²) in [6, 6.07) is 6.09. The Hall–Kier alpha value is -1.35. The molecule has 1 aromatic carbocycles. The van der Waals surface area contributed by atoms with Crippen LogP contribution in [0.4, 0.5) is 0 Å². The van der Waals surface area contributed by atoms with Crippen LogP contribution >= 0.6 is 0 Å². The number of rotatable bonds is 5. The first kappa shape index (κ1) is 13.7. The van der Waals surface area contributed by atoms with Gasteiger partial charge < -0.3 is 10.8 Å². The van der Waals surface area contributed by atoms with Gasteiger partial charge in [-0.15, -0.1) is 0 Å². The average Bonchev–Trinajstić information content (AvgIpc) is 2.29. The molecule has 1 atom stereocenters. The van der Waals surface area contributed by atoms with Gasteiger partial charge in [-0.25, -0.2) is 0 Å². The van der Waals surface area contributed by atoms with Crippen molar-refractivity contribution in [2.75, 3.05) is 6.54 Å². The Morgan fingerprint density at radius 3 is 2.47 bits per heavy atom. The van der Waals surface area contributed by atoms with E-state index in [2.05, 4.69) is 19.9 Å². The predicted octanol–water partition coefficient (Wildman–Crippen LogP) is 2.50. The first-order chi connectivity index (χ1) is 8.01. The molecule has 17 heavy (non-hydrogen) atoms. The Bertz CT molecular complexity index is 399. The summed E-state index contributed by atoms with van der Waals surface area (Å²) in [4.78, 5) is 11.2. The van der Waals surface area contributed by atoms with Crippen LogP contribution in [-0.4, -0.2) is 17.6 Å². The van der Waals surface area contributed by atoms with E-state index in [0.717, 1.165) is 23.1 Å². The summed E-state index contributed by atoms with van der Waals surface area (Å²) in [5.41, 5.74) is 8.68. The van der Waals surface area contributed by atoms with Gasteiger partial charge in [0.2, 0.25) is 0 Å². The topological polar surface area (TPSA) is 63.3 Å². The van der Waals surface area contributed by atoms with E-state index < -0.39 is 11.9 Å². The molecule has 0 aliphatic heterocycles. The maximum Gasteiger partial charge on any atom is 0.312 e. The van der Waals surface area contributed by atoms with Gasteiger partial charge in [0.1, 0.15) is 0 Å². The van der Waals surface area contributed by atoms with Crippen molar-refractivity contribution in [3.8, 4) is 0 Å². The number of aryl methyl sites for hydroxylation is 1. The molecule has 1 unspecified atom stereocenters. The third-order valence-electron chi connectivity index (χ3n) is 3.13. The van der Waals surface area contributed by atoms with Gasteiger partial charge in [0, 0.05) is 6.54 Å². The quantitative estimate of drug-likeness (QED) is 0.824. The molecule has 3 N–H and O–H groups in total. The molecular weight excluding hydrogens is 214 g/mol. The van der Waals surface area contributed by atoms with Crippen molar-refractivity contribution < 1.29 is 9.90 Å². The number of hydrogen-bond acceptors (Lipinski definition) is 2. The van der Waals surface area contributed by atoms with Crippen LogP contribution in [0.25, 0.3) is 0 Å². The molecule has 0 aromatic heterocycles. The third kappa shape index (κ3) is 3.07. The minimum Gasteiger partial charge on any atom is -0.481 e. The van der Waals surface area contributed by atoms with Crippen LogP contribution in [0.1, 0.15) is 49.3 Å². The second-order valence-corrected chi connectivity index (χ2v) is 4.59. The number of carboxylic acid groups (broad SMARTS) is 1. The van der Waals surface area contributed by atoms with E-state index in [1.807, 2.05) is 19.1 Å². The number of benzene rings is 1. The fourth-order valence-electron chi connectivity index (χ4n) is 1.98. The number of hydrogen-bond donors (Lipinski definition) is 2. The largest absolute Gasteiger partial charge is 0.481 e. The van der Waals surface area contributed by atoms with Crippen LogP contribution in [0.3, 0.4) is 0 Å². The van der Waals surface area contributed by atoms with Crippen molar-refractivity contribution in [2.45, 2.75) is 39.0 Å². The van der Waals surface area contributed by atoms with Crippen molar-refractivity contribution in [3.63, 3.8) is 0 Å². The number of carbonyl (C=O) groups is 1. The SMILES string of the molecule is CCc1ccc(C(C)C)cc1C(CN)C(=O)O. The van der Waals surface area contributed by atoms with Gasteiger partial charge in [-0.1, -0.05) is 39.0 Å². The molecule has 0 bridgehead atoms. The summed E-state index contributed by atoms with van der Waals surface area (Å²) >= 11 is 0. The van der Waals surface area contributed by atoms with Gasteiger partial charge in [-0.3, -0.25) is 4.79 Å². The number of nitrogens with two attached hydrogens (primary N) is 1. The zero-order valence-electron chi connectivity index (χ0n) is 10.7. The third-order valence-corrected chi connectivity index (χ3v) is 3.13. The minimum atomic E-state index is -0.844. The van der Waals surface area contributed by atoms with Crippen LogP contribution in [0.15, 0.2) is 18.2 Å². The maximum atomic E-state index is 11.2. The summed E-state index contributed by atoms with van der Waals surface area (Å²) < 4.78 is 0. The van der Waals surface area contributed by atoms with E-state index >= 15 is 0 Å². The molecule has 0 saturated heterocycles. The van der Waals surface area contributed by atoms with E-state index in [9.17, 15) is 9.90 Å². The monoisotopic (exact) mass is 235 g/mol. The molecule has 0 aliphatic rings. The zero-order chi connectivity index (χ0) is 13.0. The van der Waals surface area contributed by atoms with Crippen LogP contribution in [-0.2, 0) is 11.2 Å². The highest BCUT2D eigenvalue weighted by molar-refractivity contribution is 5.77. The van der Waals surface area contributed by atoms with E-state index in [4.69, 9.17) is 5.73 Å². The Balaban J connectivity index is 3.26. The van der Waals surface area contributed by atoms with Gasteiger partial charge in [0.25, 0.3) is 0 Å². The molecule has 0 saturated carbocycles. The lowest BCUT2D eigenvalue weighted by Crippen LogP contribution is -2.22. The highest BCUT2D eigenvalue weighted by atomic mass is 16.4. The lowest BCUT2D eigenvalue weighted by atomic mass is 9.89. The fraction of sp³-hybridized carbons (Fsp3) is 0.500. The van der Waals surface area contributed by atoms with Crippen molar-refractivity contribution in [1.82, 2.24) is 0 Å². The first-order valence-electron chi connectivity index (χ1n) is 6.06. The molecule has 0 fully saturated rings. The van der Waals surface area contributed by atoms with Crippen molar-refractivity contribution >= 4 is 5.97 Å². The summed E-state index contributed by atoms with van der Waals surface area (Å²) in [7, 11) is 0. The van der Waals surface area contributed by atoms with Gasteiger partial charge in [-0.2, -0.15) is 0 Å². The normalized spacial score (nSPS) is 12.8. The lowest BCUT2D eigenvalue weighted by molar-refractivity contribution is -0.138. The molecule has 1 aromatic rings. The van der Waals surface area contributed by atoms with E-state index in [0.29, 0.717) is 5.92 Å². The highest BCUT2D eigenvalue weighted by Crippen LogP contribution is 2.25. The van der Waals surface area contributed by atoms with Crippen LogP contribution < -0.4 is 5.73 Å². The lowest BCUT2D eigenvalue weighted by Gasteiger charge is -2.17. The van der Waals surface area contributed by atoms with E-state index in [-0.39, 0.29) is 6.54 Å². The Morgan fingerprint density at radius 1 is 1.41 bits per heavy atom. The summed E-state index contributed by atoms with van der Waals surface area (Å²) in [6.07, 6.45) is 0.831. The Morgan fingerprint density at radius 2 is 2.06 bits per heavy atom. The molecule has 0 spiro atoms. The summed E-state index contributed by atoms with van der Waals surface area (Å²) in [5.74, 6) is -1.04. The van der Waals surface area contributed by atoms with Crippen molar-refractivity contribution in [2.24, 2.45) is 5.73 Å². The summed E-state index contributed by atoms with van der Waals surface area (Å²) in [5, 5.41) is 9.20. The second-order valence-electron chi connectivity index (χ2n) is 4.59. The molecule has 0 aliphatic carbocycles. The van der Waals surface area contributed by atoms with Crippen LogP contribution in [0.5, 0.6) is 0 Å². The van der Waals surface area contributed by atoms with Crippen molar-refractivity contribution in [3.05, 3.63) is 34.9 Å². The number of carboxylic acids is 1. The molecule has 3 nitrogen and oxygen atoms in total. The Kier molecular flexibility index (Phi) is 4.70. The van der Waals surface area contributed by atoms with Gasteiger partial charge in [0.05, 0.1) is 5.92 Å². The average molecular weight is 235 g/mol. The highest BCUT2D eigenvalue weighted by Gasteiger charge is 2.21. The first-order valence-corrected chi connectivity index (χ1v) is 6.06. The van der Waals surface area contributed by atoms with Crippen LogP contribution in [0, 0.1) is 0 Å². The second kappa shape index (κ2) is 5.82. The minimum absolute atomic E-state index is 0.143. The van der Waals surface area contributed by atoms with Gasteiger partial charge in [-0.05, 0) is 29.0 Å². The molecular formula is C14H21NO2. The van der Waals surface area contributed by atoms with Crippen molar-refractivity contribution in [1.29, 1.82) is 0 Å². The van der Waals surface area contributed by atoms with E-state index in [1.54, 1.807) is 0 Å². The smallest absolute Gasteiger partial charge is 0.312 e. The zero-order valence-corrected chi connectivity index (χ0v) is 10.7. The van der Waals surface area contributed by atoms with Gasteiger partial charge >= 0.3 is 5.97 Å². The van der Waals surface area contributed by atoms with Crippen LogP contribution in [0.2, 0.25) is 0 Å². The molecule has 94 valence electrons. The molecule has 0 heterocycles.